The summed E-state index contributed by atoms with van der Waals surface area (Å²) in [7, 11) is 1.38. The maximum Gasteiger partial charge on any atom is 0.344 e. The van der Waals surface area contributed by atoms with Gasteiger partial charge in [0.2, 0.25) is 5.60 Å². The van der Waals surface area contributed by atoms with Gasteiger partial charge in [-0.05, 0) is 44.4 Å². The van der Waals surface area contributed by atoms with Gasteiger partial charge in [0.05, 0.1) is 7.11 Å². The van der Waals surface area contributed by atoms with Crippen molar-refractivity contribution in [3.05, 3.63) is 0 Å². The van der Waals surface area contributed by atoms with E-state index in [2.05, 4.69) is 13.8 Å². The Bertz CT molecular complexity index is 505. The molecule has 3 saturated carbocycles. The van der Waals surface area contributed by atoms with Crippen LogP contribution >= 0.6 is 0 Å². The molecule has 0 bridgehead atoms. The number of esters is 1. The van der Waals surface area contributed by atoms with Gasteiger partial charge in [-0.2, -0.15) is 0 Å². The molecule has 1 saturated heterocycles. The van der Waals surface area contributed by atoms with Crippen LogP contribution in [0.3, 0.4) is 0 Å². The molecule has 1 heterocycles. The number of epoxide rings is 1. The molecule has 20 heavy (non-hydrogen) atoms. The lowest BCUT2D eigenvalue weighted by Gasteiger charge is -2.45. The molecule has 0 amide bonds. The van der Waals surface area contributed by atoms with Gasteiger partial charge in [0.15, 0.2) is 0 Å². The van der Waals surface area contributed by atoms with E-state index in [1.54, 1.807) is 0 Å². The summed E-state index contributed by atoms with van der Waals surface area (Å²) in [6, 6.07) is 0. The quantitative estimate of drug-likeness (QED) is 0.588. The van der Waals surface area contributed by atoms with E-state index in [0.717, 1.165) is 19.3 Å². The van der Waals surface area contributed by atoms with E-state index in [1.807, 2.05) is 6.92 Å². The molecule has 112 valence electrons. The van der Waals surface area contributed by atoms with Crippen LogP contribution < -0.4 is 0 Å². The zero-order chi connectivity index (χ0) is 14.6. The molecule has 0 aromatic carbocycles. The van der Waals surface area contributed by atoms with E-state index in [-0.39, 0.29) is 10.8 Å². The second-order valence-electron chi connectivity index (χ2n) is 7.82. The van der Waals surface area contributed by atoms with Crippen LogP contribution in [0, 0.1) is 22.7 Å². The van der Waals surface area contributed by atoms with E-state index < -0.39 is 23.3 Å². The number of carbonyl (C=O) groups is 1. The van der Waals surface area contributed by atoms with Gasteiger partial charge in [0.1, 0.15) is 11.7 Å². The molecule has 4 fully saturated rings. The number of methoxy groups -OCH3 is 1. The lowest BCUT2D eigenvalue weighted by Crippen LogP contribution is -2.48. The standard InChI is InChI=1S/C16H24O4/c1-9-5-8-15-10(9)6-7-13(15,2)11(17)16(12(18)19-4)14(15,3)20-16/h9-11,17H,5-8H2,1-4H3/t9-,10+,11-,13+,14-,15+,16-/m1/s1. The van der Waals surface area contributed by atoms with Gasteiger partial charge < -0.3 is 14.6 Å². The summed E-state index contributed by atoms with van der Waals surface area (Å²) < 4.78 is 11.0. The molecule has 3 aliphatic carbocycles. The first-order valence-corrected chi connectivity index (χ1v) is 7.78. The Morgan fingerprint density at radius 2 is 2.00 bits per heavy atom. The third kappa shape index (κ3) is 0.891. The van der Waals surface area contributed by atoms with E-state index in [0.29, 0.717) is 11.8 Å². The van der Waals surface area contributed by atoms with Crippen LogP contribution in [0.15, 0.2) is 0 Å². The summed E-state index contributed by atoms with van der Waals surface area (Å²) in [5.74, 6) is 0.815. The Hall–Kier alpha value is -0.610. The smallest absolute Gasteiger partial charge is 0.344 e. The lowest BCUT2D eigenvalue weighted by molar-refractivity contribution is -0.159. The summed E-state index contributed by atoms with van der Waals surface area (Å²) in [6.07, 6.45) is 3.61. The molecule has 4 nitrogen and oxygen atoms in total. The molecule has 0 aromatic heterocycles. The third-order valence-corrected chi connectivity index (χ3v) is 7.67. The fourth-order valence-electron chi connectivity index (χ4n) is 6.75. The van der Waals surface area contributed by atoms with Gasteiger partial charge >= 0.3 is 5.97 Å². The first kappa shape index (κ1) is 13.1. The van der Waals surface area contributed by atoms with Crippen LogP contribution in [0.25, 0.3) is 0 Å². The number of ether oxygens (including phenoxy) is 2. The minimum atomic E-state index is -1.11. The lowest BCUT2D eigenvalue weighted by atomic mass is 9.61. The van der Waals surface area contributed by atoms with Gasteiger partial charge in [-0.1, -0.05) is 13.8 Å². The molecule has 1 spiro atoms. The van der Waals surface area contributed by atoms with Crippen LogP contribution in [0.1, 0.15) is 46.5 Å². The average molecular weight is 280 g/mol. The molecule has 0 unspecified atom stereocenters. The van der Waals surface area contributed by atoms with Crippen molar-refractivity contribution in [2.24, 2.45) is 22.7 Å². The number of rotatable bonds is 1. The fraction of sp³-hybridized carbons (Fsp3) is 0.938. The maximum absolute atomic E-state index is 12.3. The van der Waals surface area contributed by atoms with Crippen LogP contribution in [-0.2, 0) is 14.3 Å². The highest BCUT2D eigenvalue weighted by Crippen LogP contribution is 2.84. The summed E-state index contributed by atoms with van der Waals surface area (Å²) in [4.78, 5) is 12.3. The Morgan fingerprint density at radius 1 is 1.30 bits per heavy atom. The zero-order valence-electron chi connectivity index (χ0n) is 12.7. The largest absolute Gasteiger partial charge is 0.467 e. The Kier molecular flexibility index (Phi) is 2.12. The number of carbonyl (C=O) groups excluding carboxylic acids is 1. The maximum atomic E-state index is 12.3. The molecule has 7 atom stereocenters. The highest BCUT2D eigenvalue weighted by Gasteiger charge is 2.96. The van der Waals surface area contributed by atoms with Crippen LogP contribution in [0.4, 0.5) is 0 Å². The van der Waals surface area contributed by atoms with Crippen LogP contribution in [-0.4, -0.2) is 35.5 Å². The number of fused-ring (bicyclic) bond motifs is 1. The molecular formula is C16H24O4. The third-order valence-electron chi connectivity index (χ3n) is 7.67. The topological polar surface area (TPSA) is 59.1 Å². The van der Waals surface area contributed by atoms with Gasteiger partial charge in [0, 0.05) is 10.8 Å². The van der Waals surface area contributed by atoms with Gasteiger partial charge in [-0.3, -0.25) is 0 Å². The Labute approximate surface area is 119 Å². The SMILES string of the molecule is COC(=O)[C@@]12O[C@]1(C)[C@@]13CC[C@@H](C)[C@@H]1CC[C@@]3(C)[C@H]2O. The molecule has 0 radical (unpaired) electrons. The molecule has 4 aliphatic rings. The van der Waals surface area contributed by atoms with E-state index in [9.17, 15) is 9.90 Å². The van der Waals surface area contributed by atoms with Crippen molar-refractivity contribution in [2.75, 3.05) is 7.11 Å². The summed E-state index contributed by atoms with van der Waals surface area (Å²) in [6.45, 7) is 6.51. The first-order valence-electron chi connectivity index (χ1n) is 7.78. The number of hydrogen-bond acceptors (Lipinski definition) is 4. The van der Waals surface area contributed by atoms with Gasteiger partial charge in [0.25, 0.3) is 0 Å². The second kappa shape index (κ2) is 3.25. The molecule has 1 N–H and O–H groups in total. The summed E-state index contributed by atoms with van der Waals surface area (Å²) in [5, 5.41) is 11.0. The zero-order valence-corrected chi connectivity index (χ0v) is 12.7. The predicted octanol–water partition coefficient (Wildman–Crippen LogP) is 1.89. The van der Waals surface area contributed by atoms with Crippen molar-refractivity contribution in [2.45, 2.75) is 63.8 Å². The average Bonchev–Trinajstić information content (AvgIpc) is 2.71. The second-order valence-corrected chi connectivity index (χ2v) is 7.82. The number of aliphatic hydroxyl groups excluding tert-OH is 1. The predicted molar refractivity (Wildman–Crippen MR) is 71.9 cm³/mol. The normalized spacial score (nSPS) is 62.8. The first-order chi connectivity index (χ1) is 9.32. The molecule has 4 rings (SSSR count). The minimum Gasteiger partial charge on any atom is -0.467 e. The van der Waals surface area contributed by atoms with Crippen molar-refractivity contribution in [3.8, 4) is 0 Å². The van der Waals surface area contributed by atoms with E-state index in [1.165, 1.54) is 13.5 Å². The molecule has 4 heteroatoms. The molecule has 1 aliphatic heterocycles. The van der Waals surface area contributed by atoms with Gasteiger partial charge in [-0.25, -0.2) is 4.79 Å². The van der Waals surface area contributed by atoms with Crippen LogP contribution in [0.2, 0.25) is 0 Å². The van der Waals surface area contributed by atoms with Crippen LogP contribution in [0.5, 0.6) is 0 Å². The van der Waals surface area contributed by atoms with Crippen molar-refractivity contribution in [3.63, 3.8) is 0 Å². The molecule has 0 aromatic rings. The number of hydrogen-bond donors (Lipinski definition) is 1. The molecular weight excluding hydrogens is 256 g/mol. The highest BCUT2D eigenvalue weighted by molar-refractivity contribution is 5.88. The van der Waals surface area contributed by atoms with Crippen molar-refractivity contribution >= 4 is 5.97 Å². The van der Waals surface area contributed by atoms with E-state index in [4.69, 9.17) is 9.47 Å². The summed E-state index contributed by atoms with van der Waals surface area (Å²) >= 11 is 0. The van der Waals surface area contributed by atoms with Gasteiger partial charge in [-0.15, -0.1) is 0 Å². The minimum absolute atomic E-state index is 0.0625. The van der Waals surface area contributed by atoms with Crippen molar-refractivity contribution < 1.29 is 19.4 Å². The van der Waals surface area contributed by atoms with Crippen molar-refractivity contribution in [1.82, 2.24) is 0 Å². The highest BCUT2D eigenvalue weighted by atomic mass is 16.7. The Morgan fingerprint density at radius 3 is 2.65 bits per heavy atom. The van der Waals surface area contributed by atoms with E-state index >= 15 is 0 Å². The Balaban J connectivity index is 1.91. The fourth-order valence-corrected chi connectivity index (χ4v) is 6.75. The monoisotopic (exact) mass is 280 g/mol. The number of aliphatic hydroxyl groups is 1. The van der Waals surface area contributed by atoms with Crippen molar-refractivity contribution in [1.29, 1.82) is 0 Å². The summed E-state index contributed by atoms with van der Waals surface area (Å²) in [5.41, 5.74) is -1.94.